The molecular formula is C34H30F4N9O2+. The second kappa shape index (κ2) is 13.1. The number of fused-ring (bicyclic) bond motifs is 1. The number of aromatic nitrogens is 7. The molecule has 0 bridgehead atoms. The van der Waals surface area contributed by atoms with E-state index in [1.165, 1.54) is 47.4 Å². The molecule has 0 unspecified atom stereocenters. The second-order valence-electron chi connectivity index (χ2n) is 11.6. The molecule has 15 heteroatoms. The Labute approximate surface area is 276 Å². The number of nitrogens with zero attached hydrogens (tertiary/aromatic N) is 6. The molecule has 0 spiro atoms. The van der Waals surface area contributed by atoms with E-state index in [1.807, 2.05) is 12.1 Å². The molecule has 1 aliphatic heterocycles. The number of nitrogens with one attached hydrogen (secondary N) is 3. The molecule has 0 amide bonds. The number of tetrazole rings is 1. The summed E-state index contributed by atoms with van der Waals surface area (Å²) in [6.07, 6.45) is -1.26. The summed E-state index contributed by atoms with van der Waals surface area (Å²) in [5.74, 6) is 0.330. The maximum atomic E-state index is 15.6. The van der Waals surface area contributed by atoms with Crippen molar-refractivity contribution in [2.75, 3.05) is 18.4 Å². The van der Waals surface area contributed by atoms with Crippen molar-refractivity contribution in [2.24, 2.45) is 7.05 Å². The van der Waals surface area contributed by atoms with Crippen molar-refractivity contribution in [3.63, 3.8) is 0 Å². The zero-order valence-corrected chi connectivity index (χ0v) is 26.1. The van der Waals surface area contributed by atoms with Gasteiger partial charge in [0.15, 0.2) is 0 Å². The normalized spacial score (nSPS) is 13.9. The summed E-state index contributed by atoms with van der Waals surface area (Å²) in [6, 6.07) is 17.8. The fourth-order valence-corrected chi connectivity index (χ4v) is 5.82. The molecule has 0 radical (unpaired) electrons. The lowest BCUT2D eigenvalue weighted by Gasteiger charge is -2.23. The van der Waals surface area contributed by atoms with Gasteiger partial charge in [0.05, 0.1) is 28.3 Å². The van der Waals surface area contributed by atoms with E-state index in [-0.39, 0.29) is 40.2 Å². The number of hydrogen-bond donors (Lipinski definition) is 3. The molecule has 7 rings (SSSR count). The Morgan fingerprint density at radius 1 is 1.02 bits per heavy atom. The number of aromatic amines is 1. The number of halogens is 4. The molecule has 3 N–H and O–H groups in total. The Bertz CT molecular complexity index is 2190. The van der Waals surface area contributed by atoms with E-state index in [0.29, 0.717) is 16.6 Å². The van der Waals surface area contributed by atoms with Crippen molar-refractivity contribution in [3.05, 3.63) is 106 Å². The lowest BCUT2D eigenvalue weighted by molar-refractivity contribution is -0.783. The van der Waals surface area contributed by atoms with Gasteiger partial charge in [-0.25, -0.2) is 9.37 Å². The van der Waals surface area contributed by atoms with Crippen LogP contribution in [0.5, 0.6) is 5.75 Å². The van der Waals surface area contributed by atoms with Crippen LogP contribution in [0, 0.1) is 5.82 Å². The number of alkyl halides is 3. The summed E-state index contributed by atoms with van der Waals surface area (Å²) in [5, 5.41) is 17.5. The summed E-state index contributed by atoms with van der Waals surface area (Å²) >= 11 is 0. The van der Waals surface area contributed by atoms with Crippen LogP contribution in [0.15, 0.2) is 83.8 Å². The highest BCUT2D eigenvalue weighted by molar-refractivity contribution is 5.82. The Kier molecular flexibility index (Phi) is 8.50. The Morgan fingerprint density at radius 2 is 1.80 bits per heavy atom. The predicted octanol–water partition coefficient (Wildman–Crippen LogP) is 5.15. The van der Waals surface area contributed by atoms with Gasteiger partial charge in [0.25, 0.3) is 5.56 Å². The molecule has 0 saturated carbocycles. The van der Waals surface area contributed by atoms with Crippen LogP contribution in [0.4, 0.5) is 29.2 Å². The van der Waals surface area contributed by atoms with E-state index < -0.39 is 29.7 Å². The van der Waals surface area contributed by atoms with Crippen LogP contribution in [0.25, 0.3) is 33.5 Å². The number of aryl methyl sites for hydroxylation is 1. The lowest BCUT2D eigenvalue weighted by atomic mass is 10.0. The minimum Gasteiger partial charge on any atom is -0.490 e. The monoisotopic (exact) mass is 672 g/mol. The van der Waals surface area contributed by atoms with Gasteiger partial charge in [0, 0.05) is 22.8 Å². The minimum absolute atomic E-state index is 0.0533. The molecule has 49 heavy (non-hydrogen) atoms. The van der Waals surface area contributed by atoms with E-state index in [1.54, 1.807) is 25.2 Å². The van der Waals surface area contributed by atoms with Crippen LogP contribution in [-0.4, -0.2) is 49.1 Å². The van der Waals surface area contributed by atoms with Gasteiger partial charge in [-0.15, -0.1) is 0 Å². The molecule has 0 aliphatic carbocycles. The number of anilines is 2. The topological polar surface area (TPSA) is 127 Å². The Balaban J connectivity index is 1.27. The van der Waals surface area contributed by atoms with Crippen LogP contribution in [-0.2, 0) is 19.8 Å². The summed E-state index contributed by atoms with van der Waals surface area (Å²) in [5.41, 5.74) is -0.840. The number of H-pyrrole nitrogens is 1. The fourth-order valence-electron chi connectivity index (χ4n) is 5.82. The molecule has 11 nitrogen and oxygen atoms in total. The van der Waals surface area contributed by atoms with Gasteiger partial charge in [-0.2, -0.15) is 18.2 Å². The van der Waals surface area contributed by atoms with Crippen molar-refractivity contribution in [1.82, 2.24) is 35.3 Å². The van der Waals surface area contributed by atoms with E-state index in [4.69, 9.17) is 4.74 Å². The molecule has 4 heterocycles. The van der Waals surface area contributed by atoms with Crippen LogP contribution < -0.4 is 25.7 Å². The highest BCUT2D eigenvalue weighted by atomic mass is 19.4. The quantitative estimate of drug-likeness (QED) is 0.150. The fraction of sp³-hybridized carbons (Fsp3) is 0.235. The number of hydrogen-bond acceptors (Lipinski definition) is 8. The first-order valence-corrected chi connectivity index (χ1v) is 15.5. The molecule has 3 aromatic heterocycles. The first kappa shape index (κ1) is 31.9. The third-order valence-corrected chi connectivity index (χ3v) is 8.24. The van der Waals surface area contributed by atoms with Gasteiger partial charge in [-0.1, -0.05) is 29.1 Å². The van der Waals surface area contributed by atoms with Gasteiger partial charge >= 0.3 is 12.0 Å². The third kappa shape index (κ3) is 6.83. The van der Waals surface area contributed by atoms with E-state index in [0.717, 1.165) is 42.3 Å². The van der Waals surface area contributed by atoms with Crippen LogP contribution in [0.1, 0.15) is 24.0 Å². The van der Waals surface area contributed by atoms with Gasteiger partial charge in [0.1, 0.15) is 30.4 Å². The molecule has 250 valence electrons. The largest absolute Gasteiger partial charge is 0.490 e. The highest BCUT2D eigenvalue weighted by Gasteiger charge is 2.33. The smallest absolute Gasteiger partial charge is 0.416 e. The number of pyridine rings is 1. The number of ether oxygens (including phenoxy) is 1. The summed E-state index contributed by atoms with van der Waals surface area (Å²) in [4.78, 5) is 24.4. The van der Waals surface area contributed by atoms with Gasteiger partial charge in [0.2, 0.25) is 5.95 Å². The van der Waals surface area contributed by atoms with Crippen LogP contribution in [0.2, 0.25) is 0 Å². The average Bonchev–Trinajstić information content (AvgIpc) is 3.53. The molecule has 1 saturated heterocycles. The van der Waals surface area contributed by atoms with Crippen molar-refractivity contribution >= 4 is 22.7 Å². The minimum atomic E-state index is -4.67. The first-order chi connectivity index (χ1) is 23.6. The van der Waals surface area contributed by atoms with E-state index in [2.05, 4.69) is 36.0 Å². The van der Waals surface area contributed by atoms with Gasteiger partial charge < -0.3 is 15.4 Å². The van der Waals surface area contributed by atoms with Crippen molar-refractivity contribution in [3.8, 4) is 28.3 Å². The molecule has 0 atom stereocenters. The third-order valence-electron chi connectivity index (χ3n) is 8.24. The van der Waals surface area contributed by atoms with E-state index in [9.17, 15) is 18.0 Å². The molecule has 6 aromatic rings. The van der Waals surface area contributed by atoms with Crippen molar-refractivity contribution in [2.45, 2.75) is 31.7 Å². The maximum Gasteiger partial charge on any atom is 0.416 e. The average molecular weight is 673 g/mol. The standard InChI is InChI=1S/C34H29F4N9O2/c1-46-44-30(43-45-46)20-6-11-26(29(35)17-20)27-16-22-18-40-33(41-23-7-9-24(10-8-23)49-25-12-14-39-15-13-25)42-31(22)47(32(27)48)19-21-4-2-3-5-28(21)34(36,37)38/h2-11,16-18,25,39H,12-15,19H2,1H3,(H,40,41,42,44,48)/p+1. The summed E-state index contributed by atoms with van der Waals surface area (Å²) in [6.45, 7) is 1.33. The number of piperidine rings is 1. The molecule has 3 aromatic carbocycles. The maximum absolute atomic E-state index is 15.6. The van der Waals surface area contributed by atoms with Crippen molar-refractivity contribution in [1.29, 1.82) is 0 Å². The second-order valence-corrected chi connectivity index (χ2v) is 11.6. The predicted molar refractivity (Wildman–Crippen MR) is 173 cm³/mol. The summed E-state index contributed by atoms with van der Waals surface area (Å²) < 4.78 is 64.8. The van der Waals surface area contributed by atoms with Crippen LogP contribution in [0.3, 0.4) is 0 Å². The number of rotatable bonds is 8. The molecular weight excluding hydrogens is 642 g/mol. The van der Waals surface area contributed by atoms with Crippen LogP contribution >= 0.6 is 0 Å². The van der Waals surface area contributed by atoms with E-state index >= 15 is 4.39 Å². The van der Waals surface area contributed by atoms with Crippen molar-refractivity contribution < 1.29 is 27.1 Å². The Morgan fingerprint density at radius 3 is 2.51 bits per heavy atom. The highest BCUT2D eigenvalue weighted by Crippen LogP contribution is 2.33. The Hall–Kier alpha value is -5.70. The zero-order valence-electron chi connectivity index (χ0n) is 26.1. The molecule has 1 fully saturated rings. The first-order valence-electron chi connectivity index (χ1n) is 15.5. The lowest BCUT2D eigenvalue weighted by Crippen LogP contribution is -2.34. The molecule has 1 aliphatic rings. The zero-order chi connectivity index (χ0) is 34.1. The summed E-state index contributed by atoms with van der Waals surface area (Å²) in [7, 11) is 1.63. The van der Waals surface area contributed by atoms with Gasteiger partial charge in [-0.3, -0.25) is 9.36 Å². The number of benzene rings is 3. The SMILES string of the molecule is C[n+]1nc(-c2ccc(-c3cc4cnc(Nc5ccc(OC6CCNCC6)cc5)nc4n(Cc4ccccc4C(F)(F)F)c3=O)c(F)c2)n[nH]1. The van der Waals surface area contributed by atoms with Gasteiger partial charge in [-0.05, 0) is 90.3 Å².